The van der Waals surface area contributed by atoms with Crippen LogP contribution in [0.4, 0.5) is 0 Å². The first-order chi connectivity index (χ1) is 12.1. The van der Waals surface area contributed by atoms with Crippen LogP contribution in [0.1, 0.15) is 11.3 Å². The number of aryl methyl sites for hydroxylation is 1. The van der Waals surface area contributed by atoms with Gasteiger partial charge in [0.2, 0.25) is 0 Å². The molecule has 3 heterocycles. The summed E-state index contributed by atoms with van der Waals surface area (Å²) in [4.78, 5) is 14.0. The summed E-state index contributed by atoms with van der Waals surface area (Å²) in [5, 5.41) is 5.34. The predicted octanol–water partition coefficient (Wildman–Crippen LogP) is 3.42. The van der Waals surface area contributed by atoms with Gasteiger partial charge in [0.1, 0.15) is 5.65 Å². The number of aromatic amines is 1. The summed E-state index contributed by atoms with van der Waals surface area (Å²) in [6, 6.07) is 6.03. The van der Waals surface area contributed by atoms with Crippen LogP contribution >= 0.6 is 35.6 Å². The van der Waals surface area contributed by atoms with Gasteiger partial charge in [-0.3, -0.25) is 4.99 Å². The van der Waals surface area contributed by atoms with Crippen LogP contribution in [0, 0.1) is 0 Å². The molecule has 26 heavy (non-hydrogen) atoms. The summed E-state index contributed by atoms with van der Waals surface area (Å²) in [6.07, 6.45) is 6.63. The molecule has 0 spiro atoms. The molecule has 0 aliphatic heterocycles. The molecule has 0 aromatic carbocycles. The molecule has 0 atom stereocenters. The minimum absolute atomic E-state index is 0. The highest BCUT2D eigenvalue weighted by atomic mass is 127. The zero-order valence-corrected chi connectivity index (χ0v) is 18.2. The Morgan fingerprint density at radius 1 is 1.46 bits per heavy atom. The van der Waals surface area contributed by atoms with E-state index in [1.807, 2.05) is 43.2 Å². The summed E-state index contributed by atoms with van der Waals surface area (Å²) >= 11 is 6.06. The molecule has 3 aromatic heterocycles. The second-order valence-electron chi connectivity index (χ2n) is 6.05. The molecule has 0 aliphatic carbocycles. The van der Waals surface area contributed by atoms with Gasteiger partial charge in [-0.1, -0.05) is 11.6 Å². The van der Waals surface area contributed by atoms with Crippen LogP contribution < -0.4 is 5.32 Å². The third-order valence-electron chi connectivity index (χ3n) is 4.26. The summed E-state index contributed by atoms with van der Waals surface area (Å²) in [5.74, 6) is 0.857. The van der Waals surface area contributed by atoms with Crippen molar-refractivity contribution in [1.82, 2.24) is 24.8 Å². The number of hydrogen-bond acceptors (Lipinski definition) is 2. The van der Waals surface area contributed by atoms with Crippen molar-refractivity contribution in [3.8, 4) is 0 Å². The first-order valence-electron chi connectivity index (χ1n) is 8.22. The summed E-state index contributed by atoms with van der Waals surface area (Å²) in [7, 11) is 5.81. The number of halogens is 2. The van der Waals surface area contributed by atoms with E-state index in [1.54, 1.807) is 13.2 Å². The number of pyridine rings is 1. The third kappa shape index (κ3) is 4.70. The van der Waals surface area contributed by atoms with Crippen LogP contribution in [-0.2, 0) is 20.0 Å². The number of nitrogens with one attached hydrogen (secondary N) is 2. The minimum atomic E-state index is 0. The molecule has 0 bridgehead atoms. The van der Waals surface area contributed by atoms with Crippen LogP contribution in [0.5, 0.6) is 0 Å². The smallest absolute Gasteiger partial charge is 0.193 e. The number of rotatable bonds is 5. The number of aliphatic imine (C=N–C) groups is 1. The van der Waals surface area contributed by atoms with E-state index in [0.29, 0.717) is 0 Å². The normalized spacial score (nSPS) is 11.5. The first-order valence-corrected chi connectivity index (χ1v) is 8.60. The monoisotopic (exact) mass is 486 g/mol. The van der Waals surface area contributed by atoms with Crippen molar-refractivity contribution in [2.24, 2.45) is 12.0 Å². The van der Waals surface area contributed by atoms with Crippen molar-refractivity contribution >= 4 is 52.6 Å². The molecular weight excluding hydrogens is 463 g/mol. The molecular formula is C18H24ClIN6. The number of guanidine groups is 1. The average molecular weight is 487 g/mol. The standard InChI is InChI=1S/C18H23ClN6.HI/c1-20-18(25(3)12-15-9-14(19)11-24(15)2)22-8-6-13-10-23-17-16(13)5-4-7-21-17;/h4-5,7,9-11H,6,8,12H2,1-3H3,(H,20,22)(H,21,23);1H. The number of aromatic nitrogens is 3. The Morgan fingerprint density at radius 2 is 2.27 bits per heavy atom. The maximum atomic E-state index is 6.06. The van der Waals surface area contributed by atoms with Crippen molar-refractivity contribution in [2.75, 3.05) is 20.6 Å². The Labute approximate surface area is 175 Å². The van der Waals surface area contributed by atoms with E-state index in [9.17, 15) is 0 Å². The number of H-pyrrole nitrogens is 1. The Kier molecular flexibility index (Phi) is 7.33. The molecule has 0 saturated carbocycles. The molecule has 0 saturated heterocycles. The quantitative estimate of drug-likeness (QED) is 0.330. The van der Waals surface area contributed by atoms with Crippen LogP contribution in [0.3, 0.4) is 0 Å². The minimum Gasteiger partial charge on any atom is -0.356 e. The van der Waals surface area contributed by atoms with E-state index in [4.69, 9.17) is 11.6 Å². The molecule has 8 heteroatoms. The van der Waals surface area contributed by atoms with E-state index in [2.05, 4.69) is 31.2 Å². The zero-order chi connectivity index (χ0) is 17.8. The highest BCUT2D eigenvalue weighted by Gasteiger charge is 2.10. The van der Waals surface area contributed by atoms with Gasteiger partial charge in [-0.25, -0.2) is 4.98 Å². The lowest BCUT2D eigenvalue weighted by Gasteiger charge is -2.22. The largest absolute Gasteiger partial charge is 0.356 e. The lowest BCUT2D eigenvalue weighted by molar-refractivity contribution is 0.462. The van der Waals surface area contributed by atoms with Crippen molar-refractivity contribution in [2.45, 2.75) is 13.0 Å². The van der Waals surface area contributed by atoms with Gasteiger partial charge >= 0.3 is 0 Å². The molecule has 3 aromatic rings. The molecule has 2 N–H and O–H groups in total. The van der Waals surface area contributed by atoms with Crippen LogP contribution in [0.2, 0.25) is 5.02 Å². The molecule has 0 radical (unpaired) electrons. The average Bonchev–Trinajstić information content (AvgIpc) is 3.14. The zero-order valence-electron chi connectivity index (χ0n) is 15.2. The highest BCUT2D eigenvalue weighted by Crippen LogP contribution is 2.16. The Morgan fingerprint density at radius 3 is 2.96 bits per heavy atom. The van der Waals surface area contributed by atoms with Gasteiger partial charge in [-0.05, 0) is 30.2 Å². The van der Waals surface area contributed by atoms with Crippen molar-refractivity contribution < 1.29 is 0 Å². The fourth-order valence-electron chi connectivity index (χ4n) is 2.95. The van der Waals surface area contributed by atoms with Gasteiger partial charge in [0.05, 0.1) is 11.6 Å². The number of fused-ring (bicyclic) bond motifs is 1. The van der Waals surface area contributed by atoms with E-state index in [0.717, 1.165) is 41.8 Å². The molecule has 0 aliphatic rings. The first kappa shape index (κ1) is 20.6. The fraction of sp³-hybridized carbons (Fsp3) is 0.333. The van der Waals surface area contributed by atoms with Gasteiger partial charge in [-0.15, -0.1) is 24.0 Å². The SMILES string of the molecule is CN=C(NCCc1c[nH]c2ncccc12)N(C)Cc1cc(Cl)cn1C.I. The van der Waals surface area contributed by atoms with Crippen molar-refractivity contribution in [3.63, 3.8) is 0 Å². The second-order valence-corrected chi connectivity index (χ2v) is 6.49. The van der Waals surface area contributed by atoms with Crippen molar-refractivity contribution in [1.29, 1.82) is 0 Å². The summed E-state index contributed by atoms with van der Waals surface area (Å²) in [6.45, 7) is 1.53. The molecule has 0 unspecified atom stereocenters. The van der Waals surface area contributed by atoms with E-state index in [1.165, 1.54) is 10.9 Å². The van der Waals surface area contributed by atoms with Gasteiger partial charge in [0.15, 0.2) is 5.96 Å². The van der Waals surface area contributed by atoms with Gasteiger partial charge in [0, 0.05) is 57.4 Å². The maximum absolute atomic E-state index is 6.06. The molecule has 0 amide bonds. The summed E-state index contributed by atoms with van der Waals surface area (Å²) in [5.41, 5.74) is 3.32. The fourth-order valence-corrected chi connectivity index (χ4v) is 3.23. The van der Waals surface area contributed by atoms with E-state index in [-0.39, 0.29) is 24.0 Å². The maximum Gasteiger partial charge on any atom is 0.193 e. The Bertz CT molecular complexity index is 885. The van der Waals surface area contributed by atoms with E-state index >= 15 is 0 Å². The van der Waals surface area contributed by atoms with E-state index < -0.39 is 0 Å². The number of hydrogen-bond donors (Lipinski definition) is 2. The van der Waals surface area contributed by atoms with Gasteiger partial charge < -0.3 is 19.8 Å². The Hall–Kier alpha value is -1.74. The second kappa shape index (κ2) is 9.27. The number of nitrogens with zero attached hydrogens (tertiary/aromatic N) is 4. The molecule has 0 fully saturated rings. The Balaban J connectivity index is 0.00000243. The highest BCUT2D eigenvalue weighted by molar-refractivity contribution is 14.0. The molecule has 6 nitrogen and oxygen atoms in total. The van der Waals surface area contributed by atoms with Crippen LogP contribution in [0.15, 0.2) is 41.8 Å². The van der Waals surface area contributed by atoms with Crippen molar-refractivity contribution in [3.05, 3.63) is 53.1 Å². The van der Waals surface area contributed by atoms with Crippen LogP contribution in [-0.4, -0.2) is 46.0 Å². The van der Waals surface area contributed by atoms with Gasteiger partial charge in [0.25, 0.3) is 0 Å². The topological polar surface area (TPSA) is 61.2 Å². The van der Waals surface area contributed by atoms with Gasteiger partial charge in [-0.2, -0.15) is 0 Å². The predicted molar refractivity (Wildman–Crippen MR) is 118 cm³/mol. The van der Waals surface area contributed by atoms with Crippen LogP contribution in [0.25, 0.3) is 11.0 Å². The molecule has 3 rings (SSSR count). The summed E-state index contributed by atoms with van der Waals surface area (Å²) < 4.78 is 2.03. The third-order valence-corrected chi connectivity index (χ3v) is 4.47. The molecule has 140 valence electrons. The lowest BCUT2D eigenvalue weighted by atomic mass is 10.1. The lowest BCUT2D eigenvalue weighted by Crippen LogP contribution is -2.39.